The fraction of sp³-hybridized carbons (Fsp3) is 0.458. The molecule has 0 radical (unpaired) electrons. The van der Waals surface area contributed by atoms with Crippen LogP contribution in [0.25, 0.3) is 11.1 Å². The summed E-state index contributed by atoms with van der Waals surface area (Å²) < 4.78 is 0. The summed E-state index contributed by atoms with van der Waals surface area (Å²) in [4.78, 5) is 13.0. The van der Waals surface area contributed by atoms with Gasteiger partial charge in [0, 0.05) is 12.6 Å². The highest BCUT2D eigenvalue weighted by Gasteiger charge is 2.33. The highest BCUT2D eigenvalue weighted by Crippen LogP contribution is 2.46. The lowest BCUT2D eigenvalue weighted by molar-refractivity contribution is -0.122. The summed E-state index contributed by atoms with van der Waals surface area (Å²) in [6.45, 7) is 8.16. The molecule has 0 fully saturated rings. The van der Waals surface area contributed by atoms with E-state index in [4.69, 9.17) is 0 Å². The van der Waals surface area contributed by atoms with Crippen LogP contribution in [0.1, 0.15) is 61.4 Å². The van der Waals surface area contributed by atoms with Gasteiger partial charge in [0.25, 0.3) is 0 Å². The normalized spacial score (nSPS) is 18.6. The van der Waals surface area contributed by atoms with Gasteiger partial charge < -0.3 is 10.6 Å². The minimum Gasteiger partial charge on any atom is -0.355 e. The molecule has 142 valence electrons. The van der Waals surface area contributed by atoms with Gasteiger partial charge in [0.15, 0.2) is 0 Å². The third-order valence-corrected chi connectivity index (χ3v) is 6.00. The monoisotopic (exact) mass is 362 g/mol. The molecule has 4 rings (SSSR count). The van der Waals surface area contributed by atoms with Crippen molar-refractivity contribution in [1.82, 2.24) is 10.6 Å². The zero-order valence-electron chi connectivity index (χ0n) is 16.6. The Hall–Kier alpha value is -2.13. The standard InChI is InChI=1S/C24H30N2O/c1-4-18(24(27)26-14-15(2)3)20-10-9-16-11-12-25-21-13-17-7-5-6-8-19(17)23(20)22(16)21/h5-10,15,18,21,25H,4,11-14H2,1-3H3,(H,26,27). The van der Waals surface area contributed by atoms with E-state index >= 15 is 0 Å². The van der Waals surface area contributed by atoms with Crippen LogP contribution in [-0.2, 0) is 17.6 Å². The third-order valence-electron chi connectivity index (χ3n) is 6.00. The first kappa shape index (κ1) is 18.2. The molecule has 0 aromatic heterocycles. The summed E-state index contributed by atoms with van der Waals surface area (Å²) in [5, 5.41) is 6.87. The van der Waals surface area contributed by atoms with E-state index in [1.165, 1.54) is 33.4 Å². The second-order valence-electron chi connectivity index (χ2n) is 8.32. The fourth-order valence-electron chi connectivity index (χ4n) is 4.68. The number of nitrogens with one attached hydrogen (secondary N) is 2. The summed E-state index contributed by atoms with van der Waals surface area (Å²) in [6.07, 6.45) is 2.92. The Morgan fingerprint density at radius 2 is 2.00 bits per heavy atom. The molecule has 0 bridgehead atoms. The van der Waals surface area contributed by atoms with Crippen LogP contribution in [0.4, 0.5) is 0 Å². The van der Waals surface area contributed by atoms with Crippen LogP contribution in [0.5, 0.6) is 0 Å². The highest BCUT2D eigenvalue weighted by atomic mass is 16.1. The van der Waals surface area contributed by atoms with Gasteiger partial charge in [0.2, 0.25) is 5.91 Å². The molecule has 2 N–H and O–H groups in total. The van der Waals surface area contributed by atoms with Crippen molar-refractivity contribution in [3.05, 3.63) is 58.7 Å². The van der Waals surface area contributed by atoms with E-state index in [1.54, 1.807) is 0 Å². The van der Waals surface area contributed by atoms with E-state index < -0.39 is 0 Å². The molecule has 1 aliphatic carbocycles. The van der Waals surface area contributed by atoms with Crippen molar-refractivity contribution in [3.8, 4) is 11.1 Å². The Bertz CT molecular complexity index is 855. The van der Waals surface area contributed by atoms with Crippen molar-refractivity contribution in [2.75, 3.05) is 13.1 Å². The van der Waals surface area contributed by atoms with E-state index in [0.717, 1.165) is 32.4 Å². The zero-order chi connectivity index (χ0) is 19.0. The molecule has 1 heterocycles. The SMILES string of the molecule is CCC(C(=O)NCC(C)C)c1ccc2c3c1-c1ccccc1CC3NCC2. The van der Waals surface area contributed by atoms with Gasteiger partial charge in [-0.1, -0.05) is 57.2 Å². The Morgan fingerprint density at radius 3 is 2.78 bits per heavy atom. The van der Waals surface area contributed by atoms with Gasteiger partial charge in [-0.15, -0.1) is 0 Å². The van der Waals surface area contributed by atoms with Crippen LogP contribution in [0.2, 0.25) is 0 Å². The lowest BCUT2D eigenvalue weighted by Crippen LogP contribution is -2.35. The average molecular weight is 363 g/mol. The first-order valence-corrected chi connectivity index (χ1v) is 10.3. The van der Waals surface area contributed by atoms with Gasteiger partial charge in [-0.05, 0) is 65.1 Å². The van der Waals surface area contributed by atoms with Crippen LogP contribution < -0.4 is 10.6 Å². The maximum absolute atomic E-state index is 13.0. The van der Waals surface area contributed by atoms with Gasteiger partial charge in [-0.3, -0.25) is 4.79 Å². The summed E-state index contributed by atoms with van der Waals surface area (Å²) in [5.74, 6) is 0.520. The highest BCUT2D eigenvalue weighted by molar-refractivity contribution is 5.89. The van der Waals surface area contributed by atoms with Gasteiger partial charge in [-0.2, -0.15) is 0 Å². The van der Waals surface area contributed by atoms with E-state index in [0.29, 0.717) is 12.0 Å². The van der Waals surface area contributed by atoms with E-state index in [-0.39, 0.29) is 11.8 Å². The number of carbonyl (C=O) groups excluding carboxylic acids is 1. The third kappa shape index (κ3) is 3.29. The van der Waals surface area contributed by atoms with Crippen molar-refractivity contribution < 1.29 is 4.79 Å². The molecule has 2 aromatic rings. The topological polar surface area (TPSA) is 41.1 Å². The Kier molecular flexibility index (Phi) is 5.05. The molecule has 0 saturated heterocycles. The quantitative estimate of drug-likeness (QED) is 0.830. The number of fused-ring (bicyclic) bond motifs is 2. The van der Waals surface area contributed by atoms with Crippen molar-refractivity contribution >= 4 is 5.91 Å². The van der Waals surface area contributed by atoms with E-state index in [9.17, 15) is 4.79 Å². The average Bonchev–Trinajstić information content (AvgIpc) is 2.68. The molecule has 2 unspecified atom stereocenters. The number of hydrogen-bond donors (Lipinski definition) is 2. The number of carbonyl (C=O) groups is 1. The Morgan fingerprint density at radius 1 is 1.19 bits per heavy atom. The summed E-state index contributed by atoms with van der Waals surface area (Å²) in [6, 6.07) is 13.6. The molecule has 3 nitrogen and oxygen atoms in total. The molecule has 0 saturated carbocycles. The summed E-state index contributed by atoms with van der Waals surface area (Å²) >= 11 is 0. The molecular weight excluding hydrogens is 332 g/mol. The predicted molar refractivity (Wildman–Crippen MR) is 111 cm³/mol. The van der Waals surface area contributed by atoms with Crippen LogP contribution in [0, 0.1) is 5.92 Å². The van der Waals surface area contributed by atoms with Gasteiger partial charge in [-0.25, -0.2) is 0 Å². The molecular formula is C24H30N2O. The largest absolute Gasteiger partial charge is 0.355 e. The second-order valence-corrected chi connectivity index (χ2v) is 8.32. The first-order chi connectivity index (χ1) is 13.1. The van der Waals surface area contributed by atoms with Crippen LogP contribution in [-0.4, -0.2) is 19.0 Å². The minimum atomic E-state index is -0.0993. The van der Waals surface area contributed by atoms with Crippen LogP contribution >= 0.6 is 0 Å². The van der Waals surface area contributed by atoms with Crippen molar-refractivity contribution in [2.24, 2.45) is 5.92 Å². The maximum atomic E-state index is 13.0. The molecule has 2 atom stereocenters. The lowest BCUT2D eigenvalue weighted by atomic mass is 9.73. The number of hydrogen-bond acceptors (Lipinski definition) is 2. The molecule has 27 heavy (non-hydrogen) atoms. The van der Waals surface area contributed by atoms with Crippen molar-refractivity contribution in [1.29, 1.82) is 0 Å². The van der Waals surface area contributed by atoms with Crippen molar-refractivity contribution in [2.45, 2.75) is 52.0 Å². The first-order valence-electron chi connectivity index (χ1n) is 10.3. The van der Waals surface area contributed by atoms with Gasteiger partial charge >= 0.3 is 0 Å². The molecule has 1 aliphatic heterocycles. The molecule has 2 aromatic carbocycles. The van der Waals surface area contributed by atoms with E-state index in [1.807, 2.05) is 0 Å². The van der Waals surface area contributed by atoms with E-state index in [2.05, 4.69) is 67.8 Å². The van der Waals surface area contributed by atoms with Gasteiger partial charge in [0.1, 0.15) is 0 Å². The number of rotatable bonds is 5. The smallest absolute Gasteiger partial charge is 0.227 e. The molecule has 0 spiro atoms. The molecule has 3 heteroatoms. The molecule has 2 aliphatic rings. The fourth-order valence-corrected chi connectivity index (χ4v) is 4.68. The summed E-state index contributed by atoms with van der Waals surface area (Å²) in [7, 11) is 0. The van der Waals surface area contributed by atoms with Crippen LogP contribution in [0.15, 0.2) is 36.4 Å². The summed E-state index contributed by atoms with van der Waals surface area (Å²) in [5.41, 5.74) is 8.10. The molecule has 1 amide bonds. The number of amides is 1. The minimum absolute atomic E-state index is 0.0993. The lowest BCUT2D eigenvalue weighted by Gasteiger charge is -2.36. The number of benzene rings is 2. The van der Waals surface area contributed by atoms with Crippen LogP contribution in [0.3, 0.4) is 0 Å². The van der Waals surface area contributed by atoms with Gasteiger partial charge in [0.05, 0.1) is 5.92 Å². The second kappa shape index (κ2) is 7.47. The predicted octanol–water partition coefficient (Wildman–Crippen LogP) is 4.36. The Labute approximate surface area is 162 Å². The Balaban J connectivity index is 1.84. The van der Waals surface area contributed by atoms with Crippen molar-refractivity contribution in [3.63, 3.8) is 0 Å². The zero-order valence-corrected chi connectivity index (χ0v) is 16.6. The maximum Gasteiger partial charge on any atom is 0.227 e.